The van der Waals surface area contributed by atoms with Crippen molar-refractivity contribution in [1.82, 2.24) is 5.43 Å². The molecular formula is C9H17N3. The predicted octanol–water partition coefficient (Wildman–Crippen LogP) is 1.06. The molecule has 0 bridgehead atoms. The van der Waals surface area contributed by atoms with Crippen LogP contribution in [0.4, 0.5) is 0 Å². The van der Waals surface area contributed by atoms with Crippen molar-refractivity contribution in [1.29, 1.82) is 0 Å². The number of hydrogen-bond donors (Lipinski definition) is 2. The molecule has 3 nitrogen and oxygen atoms in total. The molecule has 0 radical (unpaired) electrons. The zero-order valence-corrected chi connectivity index (χ0v) is 7.59. The summed E-state index contributed by atoms with van der Waals surface area (Å²) in [6, 6.07) is 0.581. The van der Waals surface area contributed by atoms with E-state index in [1.807, 2.05) is 0 Å². The van der Waals surface area contributed by atoms with E-state index in [1.165, 1.54) is 25.7 Å². The largest absolute Gasteiger partial charge is 0.312 e. The van der Waals surface area contributed by atoms with E-state index in [9.17, 15) is 0 Å². The molecule has 0 amide bonds. The summed E-state index contributed by atoms with van der Waals surface area (Å²) in [7, 11) is 0. The molecule has 68 valence electrons. The van der Waals surface area contributed by atoms with Gasteiger partial charge in [0.25, 0.3) is 0 Å². The van der Waals surface area contributed by atoms with Gasteiger partial charge in [-0.25, -0.2) is 5.84 Å². The number of nitrogens with two attached hydrogens (primary N) is 1. The van der Waals surface area contributed by atoms with Crippen LogP contribution in [0.25, 0.3) is 0 Å². The quantitative estimate of drug-likeness (QED) is 0.286. The molecule has 3 N–H and O–H groups in total. The van der Waals surface area contributed by atoms with Gasteiger partial charge in [-0.15, -0.1) is 0 Å². The SMILES string of the molecule is CC(C(=NC1CC1)NN)C1CC1. The van der Waals surface area contributed by atoms with Crippen LogP contribution in [0.15, 0.2) is 4.99 Å². The summed E-state index contributed by atoms with van der Waals surface area (Å²) < 4.78 is 0. The van der Waals surface area contributed by atoms with Gasteiger partial charge in [-0.2, -0.15) is 0 Å². The van der Waals surface area contributed by atoms with Crippen LogP contribution < -0.4 is 11.3 Å². The third-order valence-corrected chi connectivity index (χ3v) is 2.78. The van der Waals surface area contributed by atoms with Crippen molar-refractivity contribution in [3.05, 3.63) is 0 Å². The van der Waals surface area contributed by atoms with Crippen LogP contribution in [-0.2, 0) is 0 Å². The molecule has 0 aromatic heterocycles. The van der Waals surface area contributed by atoms with Gasteiger partial charge in [-0.3, -0.25) is 4.99 Å². The zero-order valence-electron chi connectivity index (χ0n) is 7.59. The first-order valence-corrected chi connectivity index (χ1v) is 4.85. The Morgan fingerprint density at radius 2 is 2.08 bits per heavy atom. The molecule has 0 heterocycles. The molecule has 2 saturated carbocycles. The second kappa shape index (κ2) is 3.05. The van der Waals surface area contributed by atoms with Crippen LogP contribution in [0.3, 0.4) is 0 Å². The Balaban J connectivity index is 1.94. The molecule has 0 saturated heterocycles. The van der Waals surface area contributed by atoms with Gasteiger partial charge in [0, 0.05) is 5.92 Å². The van der Waals surface area contributed by atoms with Gasteiger partial charge in [-0.05, 0) is 31.6 Å². The Kier molecular flexibility index (Phi) is 2.05. The lowest BCUT2D eigenvalue weighted by Crippen LogP contribution is -2.36. The predicted molar refractivity (Wildman–Crippen MR) is 49.7 cm³/mol. The molecule has 3 heteroatoms. The molecule has 1 unspecified atom stereocenters. The van der Waals surface area contributed by atoms with E-state index >= 15 is 0 Å². The fourth-order valence-electron chi connectivity index (χ4n) is 1.51. The summed E-state index contributed by atoms with van der Waals surface area (Å²) >= 11 is 0. The number of rotatable bonds is 3. The van der Waals surface area contributed by atoms with Gasteiger partial charge < -0.3 is 5.43 Å². The minimum Gasteiger partial charge on any atom is -0.312 e. The molecule has 12 heavy (non-hydrogen) atoms. The lowest BCUT2D eigenvalue weighted by atomic mass is 10.1. The van der Waals surface area contributed by atoms with E-state index in [0.717, 1.165) is 11.8 Å². The Morgan fingerprint density at radius 3 is 2.50 bits per heavy atom. The fraction of sp³-hybridized carbons (Fsp3) is 0.889. The first kappa shape index (κ1) is 8.05. The van der Waals surface area contributed by atoms with Crippen LogP contribution in [0, 0.1) is 11.8 Å². The Morgan fingerprint density at radius 1 is 1.42 bits per heavy atom. The van der Waals surface area contributed by atoms with E-state index in [-0.39, 0.29) is 0 Å². The topological polar surface area (TPSA) is 50.4 Å². The second-order valence-electron chi connectivity index (χ2n) is 4.02. The van der Waals surface area contributed by atoms with E-state index in [0.29, 0.717) is 12.0 Å². The van der Waals surface area contributed by atoms with Crippen LogP contribution >= 0.6 is 0 Å². The molecule has 2 rings (SSSR count). The average molecular weight is 167 g/mol. The van der Waals surface area contributed by atoms with E-state index in [1.54, 1.807) is 0 Å². The van der Waals surface area contributed by atoms with E-state index in [4.69, 9.17) is 5.84 Å². The highest BCUT2D eigenvalue weighted by molar-refractivity contribution is 5.84. The monoisotopic (exact) mass is 167 g/mol. The van der Waals surface area contributed by atoms with Crippen molar-refractivity contribution in [2.75, 3.05) is 0 Å². The Bertz CT molecular complexity index is 192. The van der Waals surface area contributed by atoms with Crippen LogP contribution in [0.5, 0.6) is 0 Å². The van der Waals surface area contributed by atoms with Crippen molar-refractivity contribution in [3.63, 3.8) is 0 Å². The van der Waals surface area contributed by atoms with Crippen LogP contribution in [0.1, 0.15) is 32.6 Å². The minimum atomic E-state index is 0.551. The van der Waals surface area contributed by atoms with Crippen molar-refractivity contribution in [2.24, 2.45) is 22.7 Å². The van der Waals surface area contributed by atoms with Gasteiger partial charge in [0.1, 0.15) is 5.84 Å². The number of nitrogens with one attached hydrogen (secondary N) is 1. The zero-order chi connectivity index (χ0) is 8.55. The maximum absolute atomic E-state index is 5.43. The van der Waals surface area contributed by atoms with Crippen molar-refractivity contribution >= 4 is 5.84 Å². The lowest BCUT2D eigenvalue weighted by molar-refractivity contribution is 0.636. The minimum absolute atomic E-state index is 0.551. The summed E-state index contributed by atoms with van der Waals surface area (Å²) in [4.78, 5) is 4.55. The Hall–Kier alpha value is -0.570. The molecule has 0 aromatic rings. The van der Waals surface area contributed by atoms with Gasteiger partial charge in [0.2, 0.25) is 0 Å². The van der Waals surface area contributed by atoms with Crippen molar-refractivity contribution in [3.8, 4) is 0 Å². The molecule has 0 aromatic carbocycles. The summed E-state index contributed by atoms with van der Waals surface area (Å²) in [5, 5.41) is 0. The maximum atomic E-state index is 5.43. The van der Waals surface area contributed by atoms with Crippen molar-refractivity contribution in [2.45, 2.75) is 38.6 Å². The van der Waals surface area contributed by atoms with E-state index < -0.39 is 0 Å². The molecule has 2 aliphatic rings. The van der Waals surface area contributed by atoms with E-state index in [2.05, 4.69) is 17.3 Å². The number of aliphatic imine (C=N–C) groups is 1. The molecule has 0 aliphatic heterocycles. The highest BCUT2D eigenvalue weighted by Crippen LogP contribution is 2.37. The first-order valence-electron chi connectivity index (χ1n) is 4.85. The molecule has 2 aliphatic carbocycles. The third kappa shape index (κ3) is 1.78. The molecule has 2 fully saturated rings. The van der Waals surface area contributed by atoms with Crippen molar-refractivity contribution < 1.29 is 0 Å². The maximum Gasteiger partial charge on any atom is 0.114 e. The summed E-state index contributed by atoms with van der Waals surface area (Å²) in [5.74, 6) is 7.86. The van der Waals surface area contributed by atoms with Crippen LogP contribution in [-0.4, -0.2) is 11.9 Å². The fourth-order valence-corrected chi connectivity index (χ4v) is 1.51. The normalized spacial score (nSPS) is 27.0. The van der Waals surface area contributed by atoms with Gasteiger partial charge in [-0.1, -0.05) is 6.92 Å². The summed E-state index contributed by atoms with van der Waals surface area (Å²) in [5.41, 5.74) is 2.74. The summed E-state index contributed by atoms with van der Waals surface area (Å²) in [6.45, 7) is 2.22. The number of hydrogen-bond acceptors (Lipinski definition) is 2. The first-order chi connectivity index (χ1) is 5.81. The standard InChI is InChI=1S/C9H17N3/c1-6(7-2-3-7)9(12-10)11-8-4-5-8/h6-8H,2-5,10H2,1H3,(H,11,12). The molecule has 0 spiro atoms. The number of amidine groups is 1. The molecule has 1 atom stereocenters. The van der Waals surface area contributed by atoms with Gasteiger partial charge in [0.05, 0.1) is 6.04 Å². The average Bonchev–Trinajstić information content (AvgIpc) is 2.89. The highest BCUT2D eigenvalue weighted by atomic mass is 15.3. The van der Waals surface area contributed by atoms with Crippen LogP contribution in [0.2, 0.25) is 0 Å². The Labute approximate surface area is 73.4 Å². The smallest absolute Gasteiger partial charge is 0.114 e. The highest BCUT2D eigenvalue weighted by Gasteiger charge is 2.32. The molecular weight excluding hydrogens is 150 g/mol. The third-order valence-electron chi connectivity index (χ3n) is 2.78. The number of nitrogens with zero attached hydrogens (tertiary/aromatic N) is 1. The lowest BCUT2D eigenvalue weighted by Gasteiger charge is -2.12. The van der Waals surface area contributed by atoms with Gasteiger partial charge in [0.15, 0.2) is 0 Å². The summed E-state index contributed by atoms with van der Waals surface area (Å²) in [6.07, 6.45) is 5.21. The van der Waals surface area contributed by atoms with Gasteiger partial charge >= 0.3 is 0 Å². The number of hydrazine groups is 1. The second-order valence-corrected chi connectivity index (χ2v) is 4.02.